The van der Waals surface area contributed by atoms with E-state index in [4.69, 9.17) is 0 Å². The number of hydrogen-bond acceptors (Lipinski definition) is 4. The van der Waals surface area contributed by atoms with Gasteiger partial charge in [-0.05, 0) is 37.5 Å². The molecule has 0 radical (unpaired) electrons. The van der Waals surface area contributed by atoms with Crippen molar-refractivity contribution in [2.75, 3.05) is 0 Å². The Balaban J connectivity index is 1.82. The second-order valence-corrected chi connectivity index (χ2v) is 6.29. The first-order chi connectivity index (χ1) is 12.1. The van der Waals surface area contributed by atoms with E-state index in [-0.39, 0.29) is 17.9 Å². The molecule has 3 rings (SSSR count). The third-order valence-electron chi connectivity index (χ3n) is 4.27. The summed E-state index contributed by atoms with van der Waals surface area (Å²) in [6.07, 6.45) is -3.83. The number of ether oxygens (including phenoxy) is 1. The smallest absolute Gasteiger partial charge is 0.403 e. The lowest BCUT2D eigenvalue weighted by molar-refractivity contribution is -0.275. The van der Waals surface area contributed by atoms with Gasteiger partial charge in [-0.25, -0.2) is 9.37 Å². The van der Waals surface area contributed by atoms with Crippen LogP contribution in [0.15, 0.2) is 29.1 Å². The Morgan fingerprint density at radius 1 is 1.31 bits per heavy atom. The summed E-state index contributed by atoms with van der Waals surface area (Å²) in [6.45, 7) is 1.54. The molecule has 138 valence electrons. The Morgan fingerprint density at radius 2 is 2.00 bits per heavy atom. The summed E-state index contributed by atoms with van der Waals surface area (Å²) in [5.41, 5.74) is -0.688. The van der Waals surface area contributed by atoms with Crippen LogP contribution in [0.2, 0.25) is 0 Å². The average molecular weight is 370 g/mol. The van der Waals surface area contributed by atoms with E-state index in [1.165, 1.54) is 6.07 Å². The zero-order chi connectivity index (χ0) is 19.1. The highest BCUT2D eigenvalue weighted by Gasteiger charge is 2.46. The second-order valence-electron chi connectivity index (χ2n) is 6.29. The number of ketones is 1. The molecule has 1 aliphatic carbocycles. The highest BCUT2D eigenvalue weighted by atomic mass is 19.4. The van der Waals surface area contributed by atoms with Gasteiger partial charge in [-0.3, -0.25) is 9.59 Å². The molecule has 0 atom stereocenters. The molecular weight excluding hydrogens is 356 g/mol. The number of aromatic amines is 1. The molecule has 2 aromatic rings. The largest absolute Gasteiger partial charge is 0.573 e. The van der Waals surface area contributed by atoms with E-state index in [2.05, 4.69) is 14.7 Å². The van der Waals surface area contributed by atoms with Crippen molar-refractivity contribution in [1.82, 2.24) is 9.97 Å². The third-order valence-corrected chi connectivity index (χ3v) is 4.27. The molecule has 1 N–H and O–H groups in total. The van der Waals surface area contributed by atoms with Crippen LogP contribution in [0.5, 0.6) is 5.75 Å². The molecule has 0 bridgehead atoms. The number of carbonyl (C=O) groups excluding carboxylic acids is 1. The summed E-state index contributed by atoms with van der Waals surface area (Å²) in [5.74, 6) is -2.16. The van der Waals surface area contributed by atoms with Gasteiger partial charge < -0.3 is 9.72 Å². The molecule has 0 spiro atoms. The number of nitrogens with one attached hydrogen (secondary N) is 1. The lowest BCUT2D eigenvalue weighted by atomic mass is 9.89. The average Bonchev–Trinajstić information content (AvgIpc) is 3.27. The van der Waals surface area contributed by atoms with Crippen LogP contribution in [0.1, 0.15) is 41.1 Å². The molecule has 5 nitrogen and oxygen atoms in total. The van der Waals surface area contributed by atoms with E-state index in [9.17, 15) is 27.2 Å². The number of carbonyl (C=O) groups is 1. The Bertz CT molecular complexity index is 917. The van der Waals surface area contributed by atoms with Gasteiger partial charge in [-0.15, -0.1) is 13.2 Å². The van der Waals surface area contributed by atoms with Crippen LogP contribution in [0.4, 0.5) is 17.6 Å². The Morgan fingerprint density at radius 3 is 2.54 bits per heavy atom. The predicted molar refractivity (Wildman–Crippen MR) is 82.5 cm³/mol. The van der Waals surface area contributed by atoms with Gasteiger partial charge in [0.1, 0.15) is 11.5 Å². The van der Waals surface area contributed by atoms with Gasteiger partial charge in [0.05, 0.1) is 0 Å². The minimum Gasteiger partial charge on any atom is -0.403 e. The number of aromatic nitrogens is 2. The number of H-pyrrole nitrogens is 1. The number of alkyl halides is 3. The molecule has 1 saturated carbocycles. The molecule has 1 fully saturated rings. The van der Waals surface area contributed by atoms with Crippen molar-refractivity contribution in [2.24, 2.45) is 0 Å². The lowest BCUT2D eigenvalue weighted by Gasteiger charge is -2.16. The van der Waals surface area contributed by atoms with Crippen molar-refractivity contribution in [3.05, 3.63) is 57.5 Å². The van der Waals surface area contributed by atoms with Gasteiger partial charge in [0.2, 0.25) is 0 Å². The number of aryl methyl sites for hydroxylation is 1. The van der Waals surface area contributed by atoms with Crippen LogP contribution in [-0.2, 0) is 5.41 Å². The fourth-order valence-corrected chi connectivity index (χ4v) is 2.88. The van der Waals surface area contributed by atoms with Gasteiger partial charge in [-0.1, -0.05) is 6.07 Å². The van der Waals surface area contributed by atoms with Crippen molar-refractivity contribution < 1.29 is 27.1 Å². The second kappa shape index (κ2) is 6.22. The van der Waals surface area contributed by atoms with Crippen LogP contribution in [0.3, 0.4) is 0 Å². The van der Waals surface area contributed by atoms with Gasteiger partial charge >= 0.3 is 6.36 Å². The van der Waals surface area contributed by atoms with Crippen LogP contribution < -0.4 is 10.3 Å². The maximum Gasteiger partial charge on any atom is 0.573 e. The monoisotopic (exact) mass is 370 g/mol. The van der Waals surface area contributed by atoms with Crippen molar-refractivity contribution in [1.29, 1.82) is 0 Å². The molecule has 0 amide bonds. The maximum atomic E-state index is 13.9. The zero-order valence-electron chi connectivity index (χ0n) is 13.6. The van der Waals surface area contributed by atoms with Crippen molar-refractivity contribution in [3.8, 4) is 5.75 Å². The highest BCUT2D eigenvalue weighted by Crippen LogP contribution is 2.52. The first-order valence-electron chi connectivity index (χ1n) is 7.75. The molecule has 26 heavy (non-hydrogen) atoms. The van der Waals surface area contributed by atoms with Gasteiger partial charge in [0.25, 0.3) is 5.56 Å². The van der Waals surface area contributed by atoms with E-state index in [1.54, 1.807) is 6.92 Å². The Kier molecular flexibility index (Phi) is 4.33. The van der Waals surface area contributed by atoms with Crippen molar-refractivity contribution in [2.45, 2.75) is 38.0 Å². The highest BCUT2D eigenvalue weighted by molar-refractivity contribution is 5.95. The molecule has 0 aliphatic heterocycles. The van der Waals surface area contributed by atoms with Crippen molar-refractivity contribution in [3.63, 3.8) is 0 Å². The first-order valence-corrected chi connectivity index (χ1v) is 7.75. The number of benzene rings is 1. The minimum absolute atomic E-state index is 0.00928. The van der Waals surface area contributed by atoms with E-state index in [1.807, 2.05) is 0 Å². The number of halogens is 4. The van der Waals surface area contributed by atoms with Crippen LogP contribution in [0.25, 0.3) is 0 Å². The molecule has 9 heteroatoms. The summed E-state index contributed by atoms with van der Waals surface area (Å²) in [6, 6.07) is 4.27. The predicted octanol–water partition coefficient (Wildman–Crippen LogP) is 3.42. The zero-order valence-corrected chi connectivity index (χ0v) is 13.6. The van der Waals surface area contributed by atoms with Gasteiger partial charge in [0.15, 0.2) is 17.3 Å². The summed E-state index contributed by atoms with van der Waals surface area (Å²) < 4.78 is 54.2. The molecule has 0 saturated heterocycles. The molecule has 1 aliphatic rings. The maximum absolute atomic E-state index is 13.9. The van der Waals surface area contributed by atoms with E-state index in [0.717, 1.165) is 18.2 Å². The van der Waals surface area contributed by atoms with Crippen LogP contribution >= 0.6 is 0 Å². The van der Waals surface area contributed by atoms with E-state index in [0.29, 0.717) is 24.2 Å². The number of rotatable bonds is 5. The van der Waals surface area contributed by atoms with Crippen molar-refractivity contribution >= 4 is 5.78 Å². The van der Waals surface area contributed by atoms with E-state index >= 15 is 0 Å². The third kappa shape index (κ3) is 3.92. The number of Topliss-reactive ketones (excluding diaryl/α,β-unsaturated/α-hetero) is 1. The van der Waals surface area contributed by atoms with Gasteiger partial charge in [-0.2, -0.15) is 0 Å². The standard InChI is InChI=1S/C17H14F4N2O3/c1-9-22-12(7-15(25)23-9)13(24)8-16(4-5-16)10-2-3-14(11(18)6-10)26-17(19,20)21/h2-3,6-7H,4-5,8H2,1H3,(H,22,23,25). The van der Waals surface area contributed by atoms with E-state index < -0.39 is 28.9 Å². The van der Waals surface area contributed by atoms with Gasteiger partial charge in [0, 0.05) is 17.9 Å². The summed E-state index contributed by atoms with van der Waals surface area (Å²) in [5, 5.41) is 0. The fourth-order valence-electron chi connectivity index (χ4n) is 2.88. The molecule has 1 aromatic carbocycles. The molecule has 1 aromatic heterocycles. The Labute approximate surface area is 145 Å². The molecule has 1 heterocycles. The number of hydrogen-bond donors (Lipinski definition) is 1. The number of nitrogens with zero attached hydrogens (tertiary/aromatic N) is 1. The molecule has 0 unspecified atom stereocenters. The SMILES string of the molecule is Cc1nc(C(=O)CC2(c3ccc(OC(F)(F)F)c(F)c3)CC2)cc(=O)[nH]1. The van der Waals surface area contributed by atoms with Crippen LogP contribution in [-0.4, -0.2) is 22.1 Å². The Hall–Kier alpha value is -2.71. The van der Waals surface area contributed by atoms with Crippen LogP contribution in [0, 0.1) is 12.7 Å². The minimum atomic E-state index is -4.99. The summed E-state index contributed by atoms with van der Waals surface area (Å²) >= 11 is 0. The summed E-state index contributed by atoms with van der Waals surface area (Å²) in [4.78, 5) is 30.3. The topological polar surface area (TPSA) is 72.0 Å². The first kappa shape index (κ1) is 18.1. The lowest BCUT2D eigenvalue weighted by Crippen LogP contribution is -2.20. The molecular formula is C17H14F4N2O3. The summed E-state index contributed by atoms with van der Waals surface area (Å²) in [7, 11) is 0. The normalized spacial score (nSPS) is 15.6. The quantitative estimate of drug-likeness (QED) is 0.647. The fraction of sp³-hybridized carbons (Fsp3) is 0.353.